The molecule has 0 aromatic rings. The van der Waals surface area contributed by atoms with Crippen molar-refractivity contribution >= 4 is 17.7 Å². The predicted octanol–water partition coefficient (Wildman–Crippen LogP) is 1.08. The first-order chi connectivity index (χ1) is 6.63. The largest absolute Gasteiger partial charge is 0.369 e. The summed E-state index contributed by atoms with van der Waals surface area (Å²) in [5.74, 6) is 0.968. The van der Waals surface area contributed by atoms with E-state index in [0.717, 1.165) is 5.25 Å². The Morgan fingerprint density at radius 2 is 2.29 bits per heavy atom. The van der Waals surface area contributed by atoms with Crippen LogP contribution in [0.15, 0.2) is 0 Å². The molecule has 3 nitrogen and oxygen atoms in total. The SMILES string of the molecule is CCS[C@@H]1CC[C@H](N(C)CC(N)=O)C1. The maximum absolute atomic E-state index is 10.7. The zero-order valence-corrected chi connectivity index (χ0v) is 9.85. The van der Waals surface area contributed by atoms with Gasteiger partial charge in [-0.2, -0.15) is 11.8 Å². The number of thioether (sulfide) groups is 1. The first kappa shape index (κ1) is 11.9. The lowest BCUT2D eigenvalue weighted by Gasteiger charge is -2.22. The van der Waals surface area contributed by atoms with Gasteiger partial charge in [0, 0.05) is 11.3 Å². The van der Waals surface area contributed by atoms with Gasteiger partial charge >= 0.3 is 0 Å². The van der Waals surface area contributed by atoms with Crippen molar-refractivity contribution in [1.29, 1.82) is 0 Å². The number of nitrogens with zero attached hydrogens (tertiary/aromatic N) is 1. The molecular weight excluding hydrogens is 196 g/mol. The molecule has 0 radical (unpaired) electrons. The molecule has 0 heterocycles. The fourth-order valence-corrected chi connectivity index (χ4v) is 3.21. The third-order valence-electron chi connectivity index (χ3n) is 2.79. The molecule has 4 heteroatoms. The smallest absolute Gasteiger partial charge is 0.231 e. The number of rotatable bonds is 5. The first-order valence-electron chi connectivity index (χ1n) is 5.23. The molecule has 1 aliphatic carbocycles. The van der Waals surface area contributed by atoms with E-state index in [2.05, 4.69) is 11.8 Å². The van der Waals surface area contributed by atoms with E-state index in [1.165, 1.54) is 25.0 Å². The Labute approximate surface area is 90.4 Å². The lowest BCUT2D eigenvalue weighted by molar-refractivity contribution is -0.119. The van der Waals surface area contributed by atoms with Gasteiger partial charge in [-0.15, -0.1) is 0 Å². The van der Waals surface area contributed by atoms with Gasteiger partial charge in [-0.05, 0) is 32.1 Å². The van der Waals surface area contributed by atoms with Gasteiger partial charge < -0.3 is 5.73 Å². The number of amides is 1. The Hall–Kier alpha value is -0.220. The van der Waals surface area contributed by atoms with Crippen molar-refractivity contribution in [3.63, 3.8) is 0 Å². The quantitative estimate of drug-likeness (QED) is 0.748. The van der Waals surface area contributed by atoms with Crippen molar-refractivity contribution < 1.29 is 4.79 Å². The molecule has 0 aliphatic heterocycles. The second kappa shape index (κ2) is 5.61. The highest BCUT2D eigenvalue weighted by Crippen LogP contribution is 2.31. The average Bonchev–Trinajstić information content (AvgIpc) is 2.52. The maximum atomic E-state index is 10.7. The summed E-state index contributed by atoms with van der Waals surface area (Å²) in [6.07, 6.45) is 3.70. The molecule has 1 rings (SSSR count). The van der Waals surface area contributed by atoms with E-state index in [-0.39, 0.29) is 5.91 Å². The minimum Gasteiger partial charge on any atom is -0.369 e. The Morgan fingerprint density at radius 1 is 1.57 bits per heavy atom. The summed E-state index contributed by atoms with van der Waals surface area (Å²) in [7, 11) is 1.99. The fraction of sp³-hybridized carbons (Fsp3) is 0.900. The summed E-state index contributed by atoms with van der Waals surface area (Å²) < 4.78 is 0. The van der Waals surface area contributed by atoms with E-state index in [1.807, 2.05) is 18.8 Å². The number of carbonyl (C=O) groups excluding carboxylic acids is 1. The Kier molecular flexibility index (Phi) is 4.75. The van der Waals surface area contributed by atoms with Crippen LogP contribution in [0, 0.1) is 0 Å². The molecule has 0 spiro atoms. The standard InChI is InChI=1S/C10H20N2OS/c1-3-14-9-5-4-8(6-9)12(2)7-10(11)13/h8-9H,3-7H2,1-2H3,(H2,11,13)/t8-,9+/m0/s1. The number of likely N-dealkylation sites (N-methyl/N-ethyl adjacent to an activating group) is 1. The highest BCUT2D eigenvalue weighted by Gasteiger charge is 2.27. The predicted molar refractivity (Wildman–Crippen MR) is 61.4 cm³/mol. The monoisotopic (exact) mass is 216 g/mol. The van der Waals surface area contributed by atoms with Crippen molar-refractivity contribution in [2.75, 3.05) is 19.3 Å². The van der Waals surface area contributed by atoms with Crippen molar-refractivity contribution in [2.24, 2.45) is 5.73 Å². The van der Waals surface area contributed by atoms with Gasteiger partial charge in [-0.1, -0.05) is 6.92 Å². The molecule has 2 N–H and O–H groups in total. The molecule has 82 valence electrons. The molecule has 0 saturated heterocycles. The van der Waals surface area contributed by atoms with Gasteiger partial charge in [0.2, 0.25) is 5.91 Å². The van der Waals surface area contributed by atoms with E-state index >= 15 is 0 Å². The van der Waals surface area contributed by atoms with Gasteiger partial charge in [0.15, 0.2) is 0 Å². The van der Waals surface area contributed by atoms with Crippen LogP contribution in [-0.2, 0) is 4.79 Å². The summed E-state index contributed by atoms with van der Waals surface area (Å²) >= 11 is 2.04. The number of nitrogens with two attached hydrogens (primary N) is 1. The third-order valence-corrected chi connectivity index (χ3v) is 4.02. The molecule has 1 amide bonds. The molecule has 0 bridgehead atoms. The molecule has 0 aromatic heterocycles. The summed E-state index contributed by atoms with van der Waals surface area (Å²) in [5.41, 5.74) is 5.17. The second-order valence-electron chi connectivity index (χ2n) is 3.93. The summed E-state index contributed by atoms with van der Waals surface area (Å²) in [6, 6.07) is 0.562. The van der Waals surface area contributed by atoms with Gasteiger partial charge in [0.25, 0.3) is 0 Å². The van der Waals surface area contributed by atoms with Crippen molar-refractivity contribution in [3.8, 4) is 0 Å². The van der Waals surface area contributed by atoms with Gasteiger partial charge in [0.1, 0.15) is 0 Å². The third kappa shape index (κ3) is 3.50. The normalized spacial score (nSPS) is 27.1. The van der Waals surface area contributed by atoms with Crippen molar-refractivity contribution in [1.82, 2.24) is 4.90 Å². The van der Waals surface area contributed by atoms with Crippen LogP contribution in [0.1, 0.15) is 26.2 Å². The van der Waals surface area contributed by atoms with Crippen molar-refractivity contribution in [3.05, 3.63) is 0 Å². The van der Waals surface area contributed by atoms with Crippen molar-refractivity contribution in [2.45, 2.75) is 37.5 Å². The highest BCUT2D eigenvalue weighted by molar-refractivity contribution is 7.99. The minimum atomic E-state index is -0.223. The van der Waals surface area contributed by atoms with Gasteiger partial charge in [0.05, 0.1) is 6.54 Å². The molecule has 1 aliphatic rings. The summed E-state index contributed by atoms with van der Waals surface area (Å²) in [6.45, 7) is 2.60. The number of hydrogen-bond acceptors (Lipinski definition) is 3. The number of primary amides is 1. The van der Waals surface area contributed by atoms with E-state index in [0.29, 0.717) is 12.6 Å². The molecule has 2 atom stereocenters. The van der Waals surface area contributed by atoms with Crippen LogP contribution in [0.4, 0.5) is 0 Å². The molecule has 0 unspecified atom stereocenters. The molecule has 0 aromatic carbocycles. The highest BCUT2D eigenvalue weighted by atomic mass is 32.2. The maximum Gasteiger partial charge on any atom is 0.231 e. The average molecular weight is 216 g/mol. The second-order valence-corrected chi connectivity index (χ2v) is 5.50. The topological polar surface area (TPSA) is 46.3 Å². The van der Waals surface area contributed by atoms with Crippen LogP contribution in [0.3, 0.4) is 0 Å². The lowest BCUT2D eigenvalue weighted by Crippen LogP contribution is -2.37. The molecule has 1 saturated carbocycles. The number of hydrogen-bond donors (Lipinski definition) is 1. The van der Waals surface area contributed by atoms with Crippen LogP contribution < -0.4 is 5.73 Å². The first-order valence-corrected chi connectivity index (χ1v) is 6.28. The lowest BCUT2D eigenvalue weighted by atomic mass is 10.2. The van der Waals surface area contributed by atoms with E-state index < -0.39 is 0 Å². The van der Waals surface area contributed by atoms with Crippen LogP contribution in [0.25, 0.3) is 0 Å². The molecule has 1 fully saturated rings. The van der Waals surface area contributed by atoms with Crippen LogP contribution in [0.5, 0.6) is 0 Å². The Morgan fingerprint density at radius 3 is 2.86 bits per heavy atom. The minimum absolute atomic E-state index is 0.223. The van der Waals surface area contributed by atoms with E-state index in [1.54, 1.807) is 0 Å². The van der Waals surface area contributed by atoms with Crippen LogP contribution in [-0.4, -0.2) is 41.4 Å². The Bertz CT molecular complexity index is 199. The van der Waals surface area contributed by atoms with E-state index in [9.17, 15) is 4.79 Å². The van der Waals surface area contributed by atoms with Gasteiger partial charge in [-0.3, -0.25) is 9.69 Å². The molecule has 14 heavy (non-hydrogen) atoms. The van der Waals surface area contributed by atoms with Gasteiger partial charge in [-0.25, -0.2) is 0 Å². The fourth-order valence-electron chi connectivity index (χ4n) is 2.08. The summed E-state index contributed by atoms with van der Waals surface area (Å²) in [4.78, 5) is 12.8. The Balaban J connectivity index is 2.30. The summed E-state index contributed by atoms with van der Waals surface area (Å²) in [5, 5.41) is 0.792. The zero-order chi connectivity index (χ0) is 10.6. The van der Waals surface area contributed by atoms with Crippen LogP contribution >= 0.6 is 11.8 Å². The van der Waals surface area contributed by atoms with Crippen LogP contribution in [0.2, 0.25) is 0 Å². The van der Waals surface area contributed by atoms with E-state index in [4.69, 9.17) is 5.73 Å². The zero-order valence-electron chi connectivity index (χ0n) is 9.03. The number of carbonyl (C=O) groups is 1. The molecular formula is C10H20N2OS.